The molecule has 0 unspecified atom stereocenters. The maximum absolute atomic E-state index is 13.6. The smallest absolute Gasteiger partial charge is 0.190 e. The molecule has 4 heteroatoms. The summed E-state index contributed by atoms with van der Waals surface area (Å²) in [6.07, 6.45) is 6.32. The van der Waals surface area contributed by atoms with Crippen LogP contribution in [-0.4, -0.2) is 13.2 Å². The van der Waals surface area contributed by atoms with Gasteiger partial charge in [0.05, 0.1) is 6.61 Å². The van der Waals surface area contributed by atoms with Gasteiger partial charge in [0.15, 0.2) is 17.4 Å². The SMILES string of the molecule is C#CCCOc1c(F)cc(CNCCC)cc1F. The van der Waals surface area contributed by atoms with Gasteiger partial charge in [-0.1, -0.05) is 6.92 Å². The van der Waals surface area contributed by atoms with Crippen molar-refractivity contribution in [1.29, 1.82) is 0 Å². The number of hydrogen-bond donors (Lipinski definition) is 1. The zero-order chi connectivity index (χ0) is 13.4. The summed E-state index contributed by atoms with van der Waals surface area (Å²) in [6.45, 7) is 3.38. The van der Waals surface area contributed by atoms with E-state index >= 15 is 0 Å². The molecule has 0 bridgehead atoms. The summed E-state index contributed by atoms with van der Waals surface area (Å²) in [5.41, 5.74) is 0.558. The van der Waals surface area contributed by atoms with Crippen molar-refractivity contribution in [3.63, 3.8) is 0 Å². The van der Waals surface area contributed by atoms with Crippen LogP contribution in [0.2, 0.25) is 0 Å². The molecule has 0 amide bonds. The first-order valence-electron chi connectivity index (χ1n) is 5.94. The lowest BCUT2D eigenvalue weighted by Crippen LogP contribution is -2.14. The molecule has 0 heterocycles. The van der Waals surface area contributed by atoms with Crippen LogP contribution in [0, 0.1) is 24.0 Å². The van der Waals surface area contributed by atoms with Gasteiger partial charge in [-0.25, -0.2) is 8.78 Å². The Morgan fingerprint density at radius 2 is 2.00 bits per heavy atom. The summed E-state index contributed by atoms with van der Waals surface area (Å²) in [5.74, 6) is 0.597. The summed E-state index contributed by atoms with van der Waals surface area (Å²) in [6, 6.07) is 2.55. The molecule has 0 aliphatic heterocycles. The molecule has 0 aliphatic carbocycles. The lowest BCUT2D eigenvalue weighted by molar-refractivity contribution is 0.292. The van der Waals surface area contributed by atoms with E-state index in [2.05, 4.69) is 11.2 Å². The normalized spacial score (nSPS) is 10.1. The number of hydrogen-bond acceptors (Lipinski definition) is 2. The third-order valence-corrected chi connectivity index (χ3v) is 2.31. The van der Waals surface area contributed by atoms with E-state index in [0.29, 0.717) is 18.5 Å². The van der Waals surface area contributed by atoms with Crippen molar-refractivity contribution in [2.24, 2.45) is 0 Å². The zero-order valence-corrected chi connectivity index (χ0v) is 10.4. The first-order chi connectivity index (χ1) is 8.69. The second-order valence-corrected chi connectivity index (χ2v) is 3.87. The van der Waals surface area contributed by atoms with Crippen molar-refractivity contribution in [1.82, 2.24) is 5.32 Å². The van der Waals surface area contributed by atoms with E-state index in [1.165, 1.54) is 12.1 Å². The Labute approximate surface area is 106 Å². The van der Waals surface area contributed by atoms with Crippen LogP contribution in [0.1, 0.15) is 25.3 Å². The molecule has 1 aromatic rings. The lowest BCUT2D eigenvalue weighted by atomic mass is 10.2. The molecule has 0 atom stereocenters. The van der Waals surface area contributed by atoms with Crippen LogP contribution < -0.4 is 10.1 Å². The molecule has 0 aliphatic rings. The van der Waals surface area contributed by atoms with Gasteiger partial charge in [-0.2, -0.15) is 0 Å². The summed E-state index contributed by atoms with van der Waals surface area (Å²) in [5, 5.41) is 3.08. The van der Waals surface area contributed by atoms with Gasteiger partial charge in [-0.15, -0.1) is 12.3 Å². The summed E-state index contributed by atoms with van der Waals surface area (Å²) in [7, 11) is 0. The summed E-state index contributed by atoms with van der Waals surface area (Å²) < 4.78 is 32.2. The molecule has 0 fully saturated rings. The minimum Gasteiger partial charge on any atom is -0.487 e. The molecule has 0 radical (unpaired) electrons. The number of terminal acetylenes is 1. The molecule has 0 aromatic heterocycles. The van der Waals surface area contributed by atoms with Gasteiger partial charge in [0.1, 0.15) is 0 Å². The van der Waals surface area contributed by atoms with Crippen LogP contribution in [0.5, 0.6) is 5.75 Å². The summed E-state index contributed by atoms with van der Waals surface area (Å²) >= 11 is 0. The first-order valence-corrected chi connectivity index (χ1v) is 5.94. The minimum atomic E-state index is -0.694. The number of nitrogens with one attached hydrogen (secondary N) is 1. The fourth-order valence-electron chi connectivity index (χ4n) is 1.47. The van der Waals surface area contributed by atoms with Gasteiger partial charge in [0.2, 0.25) is 0 Å². The molecule has 98 valence electrons. The Hall–Kier alpha value is -1.60. The van der Waals surface area contributed by atoms with Gasteiger partial charge in [0.25, 0.3) is 0 Å². The Kier molecular flexibility index (Phi) is 6.16. The van der Waals surface area contributed by atoms with E-state index in [9.17, 15) is 8.78 Å². The van der Waals surface area contributed by atoms with Crippen LogP contribution in [0.4, 0.5) is 8.78 Å². The lowest BCUT2D eigenvalue weighted by Gasteiger charge is -2.09. The Balaban J connectivity index is 2.68. The highest BCUT2D eigenvalue weighted by molar-refractivity contribution is 5.31. The van der Waals surface area contributed by atoms with Crippen molar-refractivity contribution in [3.05, 3.63) is 29.3 Å². The Morgan fingerprint density at radius 1 is 1.33 bits per heavy atom. The highest BCUT2D eigenvalue weighted by Crippen LogP contribution is 2.23. The molecule has 2 nitrogen and oxygen atoms in total. The highest BCUT2D eigenvalue weighted by Gasteiger charge is 2.12. The molecular weight excluding hydrogens is 236 g/mol. The average molecular weight is 253 g/mol. The fourth-order valence-corrected chi connectivity index (χ4v) is 1.47. The van der Waals surface area contributed by atoms with Crippen molar-refractivity contribution >= 4 is 0 Å². The van der Waals surface area contributed by atoms with Gasteiger partial charge < -0.3 is 10.1 Å². The highest BCUT2D eigenvalue weighted by atomic mass is 19.1. The van der Waals surface area contributed by atoms with E-state index in [-0.39, 0.29) is 12.4 Å². The number of halogens is 2. The van der Waals surface area contributed by atoms with Crippen molar-refractivity contribution < 1.29 is 13.5 Å². The van der Waals surface area contributed by atoms with Crippen molar-refractivity contribution in [2.75, 3.05) is 13.2 Å². The predicted octanol–water partition coefficient (Wildman–Crippen LogP) is 2.87. The first kappa shape index (κ1) is 14.5. The third-order valence-electron chi connectivity index (χ3n) is 2.31. The van der Waals surface area contributed by atoms with Gasteiger partial charge in [-0.05, 0) is 30.7 Å². The van der Waals surface area contributed by atoms with E-state index in [1.54, 1.807) is 0 Å². The Morgan fingerprint density at radius 3 is 2.56 bits per heavy atom. The Bertz CT molecular complexity index is 403. The second-order valence-electron chi connectivity index (χ2n) is 3.87. The van der Waals surface area contributed by atoms with E-state index < -0.39 is 11.6 Å². The number of rotatable bonds is 7. The zero-order valence-electron chi connectivity index (χ0n) is 10.4. The van der Waals surface area contributed by atoms with Crippen molar-refractivity contribution in [2.45, 2.75) is 26.3 Å². The third kappa shape index (κ3) is 4.34. The number of ether oxygens (including phenoxy) is 1. The maximum Gasteiger partial charge on any atom is 0.190 e. The molecule has 1 N–H and O–H groups in total. The van der Waals surface area contributed by atoms with Gasteiger partial charge in [0, 0.05) is 13.0 Å². The quantitative estimate of drug-likeness (QED) is 0.596. The fraction of sp³-hybridized carbons (Fsp3) is 0.429. The number of benzene rings is 1. The van der Waals surface area contributed by atoms with Crippen LogP contribution in [0.15, 0.2) is 12.1 Å². The van der Waals surface area contributed by atoms with Crippen LogP contribution in [0.25, 0.3) is 0 Å². The standard InChI is InChI=1S/C14H17F2NO/c1-3-5-7-18-14-12(15)8-11(9-13(14)16)10-17-6-4-2/h1,8-9,17H,4-7,10H2,2H3. The van der Waals surface area contributed by atoms with Gasteiger partial charge >= 0.3 is 0 Å². The average Bonchev–Trinajstić information content (AvgIpc) is 2.33. The summed E-state index contributed by atoms with van der Waals surface area (Å²) in [4.78, 5) is 0. The molecule has 0 saturated carbocycles. The van der Waals surface area contributed by atoms with E-state index in [1.807, 2.05) is 6.92 Å². The van der Waals surface area contributed by atoms with E-state index in [0.717, 1.165) is 13.0 Å². The predicted molar refractivity (Wildman–Crippen MR) is 67.3 cm³/mol. The molecule has 1 aromatic carbocycles. The van der Waals surface area contributed by atoms with E-state index in [4.69, 9.17) is 11.2 Å². The van der Waals surface area contributed by atoms with Crippen LogP contribution in [0.3, 0.4) is 0 Å². The van der Waals surface area contributed by atoms with Gasteiger partial charge in [-0.3, -0.25) is 0 Å². The van der Waals surface area contributed by atoms with Crippen molar-refractivity contribution in [3.8, 4) is 18.1 Å². The largest absolute Gasteiger partial charge is 0.487 e. The topological polar surface area (TPSA) is 21.3 Å². The monoisotopic (exact) mass is 253 g/mol. The van der Waals surface area contributed by atoms with Crippen LogP contribution >= 0.6 is 0 Å². The molecule has 18 heavy (non-hydrogen) atoms. The maximum atomic E-state index is 13.6. The van der Waals surface area contributed by atoms with Crippen LogP contribution in [-0.2, 0) is 6.54 Å². The minimum absolute atomic E-state index is 0.109. The second kappa shape index (κ2) is 7.67. The molecular formula is C14H17F2NO. The molecule has 0 spiro atoms. The molecule has 0 saturated heterocycles. The molecule has 1 rings (SSSR count).